The summed E-state index contributed by atoms with van der Waals surface area (Å²) in [5.41, 5.74) is 0.595. The summed E-state index contributed by atoms with van der Waals surface area (Å²) in [6.07, 6.45) is 3.32. The number of ketones is 1. The van der Waals surface area contributed by atoms with Crippen molar-refractivity contribution in [3.8, 4) is 5.75 Å². The molecule has 0 aliphatic carbocycles. The number of aromatic hydroxyl groups is 1. The minimum Gasteiger partial charge on any atom is -0.619 e. The molecule has 4 rings (SSSR count). The molecule has 0 fully saturated rings. The van der Waals surface area contributed by atoms with Crippen molar-refractivity contribution >= 4 is 57.2 Å². The quantitative estimate of drug-likeness (QED) is 0.102. The molecule has 0 radical (unpaired) electrons. The van der Waals surface area contributed by atoms with Gasteiger partial charge in [-0.25, -0.2) is 0 Å². The van der Waals surface area contributed by atoms with E-state index in [0.29, 0.717) is 15.7 Å². The molecule has 172 valence electrons. The van der Waals surface area contributed by atoms with Crippen molar-refractivity contribution < 1.29 is 24.3 Å². The summed E-state index contributed by atoms with van der Waals surface area (Å²) in [5, 5.41) is 35.2. The van der Waals surface area contributed by atoms with Crippen LogP contribution in [-0.2, 0) is 11.3 Å². The standard InChI is InChI=1S/C22H14Cl2N4O6/c23-16-10-27(32)11-17(24)19(16)25-22(31)21(30)15-9-26(20-14(15)5-2-6-18(20)29)8-12-3-1-4-13(7-12)28(33)34/h1-7,9-11,29H,8H2,(H,25,31). The maximum absolute atomic E-state index is 13.0. The molecule has 12 heteroatoms. The van der Waals surface area contributed by atoms with Gasteiger partial charge in [0.15, 0.2) is 0 Å². The number of aromatic nitrogens is 2. The molecule has 0 aliphatic heterocycles. The van der Waals surface area contributed by atoms with Gasteiger partial charge in [0.25, 0.3) is 17.4 Å². The Hall–Kier alpha value is -4.15. The predicted octanol–water partition coefficient (Wildman–Crippen LogP) is 4.07. The van der Waals surface area contributed by atoms with E-state index in [9.17, 15) is 30.0 Å². The number of hydrogen-bond donors (Lipinski definition) is 2. The molecule has 2 aromatic carbocycles. The van der Waals surface area contributed by atoms with Crippen molar-refractivity contribution in [1.29, 1.82) is 0 Å². The minimum atomic E-state index is -1.06. The molecule has 0 saturated carbocycles. The summed E-state index contributed by atoms with van der Waals surface area (Å²) in [7, 11) is 0. The first-order valence-corrected chi connectivity index (χ1v) is 10.4. The van der Waals surface area contributed by atoms with E-state index in [2.05, 4.69) is 5.32 Å². The topological polar surface area (TPSA) is 141 Å². The highest BCUT2D eigenvalue weighted by atomic mass is 35.5. The predicted molar refractivity (Wildman–Crippen MR) is 124 cm³/mol. The Bertz CT molecular complexity index is 1460. The van der Waals surface area contributed by atoms with Gasteiger partial charge in [0.2, 0.25) is 12.4 Å². The number of para-hydroxylation sites is 1. The number of hydrogen-bond acceptors (Lipinski definition) is 6. The van der Waals surface area contributed by atoms with E-state index in [1.165, 1.54) is 41.1 Å². The van der Waals surface area contributed by atoms with Crippen LogP contribution in [0.3, 0.4) is 0 Å². The fourth-order valence-corrected chi connectivity index (χ4v) is 4.07. The molecule has 2 heterocycles. The third-order valence-electron chi connectivity index (χ3n) is 5.00. The Morgan fingerprint density at radius 2 is 1.79 bits per heavy atom. The van der Waals surface area contributed by atoms with Crippen molar-refractivity contribution in [3.05, 3.63) is 97.5 Å². The van der Waals surface area contributed by atoms with Crippen molar-refractivity contribution in [3.63, 3.8) is 0 Å². The van der Waals surface area contributed by atoms with E-state index in [0.717, 1.165) is 12.4 Å². The van der Waals surface area contributed by atoms with Crippen molar-refractivity contribution in [1.82, 2.24) is 4.57 Å². The molecular weight excluding hydrogens is 487 g/mol. The molecule has 4 aromatic rings. The zero-order valence-electron chi connectivity index (χ0n) is 17.1. The van der Waals surface area contributed by atoms with E-state index in [4.69, 9.17) is 23.2 Å². The molecule has 2 aromatic heterocycles. The Morgan fingerprint density at radius 3 is 2.47 bits per heavy atom. The lowest BCUT2D eigenvalue weighted by Crippen LogP contribution is -2.27. The number of nitrogens with one attached hydrogen (secondary N) is 1. The summed E-state index contributed by atoms with van der Waals surface area (Å²) in [4.78, 5) is 36.3. The lowest BCUT2D eigenvalue weighted by atomic mass is 10.1. The average molecular weight is 501 g/mol. The van der Waals surface area contributed by atoms with Crippen LogP contribution < -0.4 is 10.0 Å². The van der Waals surface area contributed by atoms with E-state index in [1.807, 2.05) is 0 Å². The monoisotopic (exact) mass is 500 g/mol. The third-order valence-corrected chi connectivity index (χ3v) is 5.57. The van der Waals surface area contributed by atoms with Crippen LogP contribution in [0.25, 0.3) is 10.9 Å². The number of anilines is 1. The van der Waals surface area contributed by atoms with Gasteiger partial charge in [0.05, 0.1) is 21.7 Å². The number of non-ortho nitro benzene ring substituents is 1. The molecular formula is C22H14Cl2N4O6. The van der Waals surface area contributed by atoms with Gasteiger partial charge in [-0.05, 0) is 11.6 Å². The van der Waals surface area contributed by atoms with E-state index in [-0.39, 0.29) is 44.8 Å². The summed E-state index contributed by atoms with van der Waals surface area (Å²) < 4.78 is 1.87. The van der Waals surface area contributed by atoms with Gasteiger partial charge in [-0.15, -0.1) is 0 Å². The Kier molecular flexibility index (Phi) is 6.10. The number of rotatable bonds is 6. The van der Waals surface area contributed by atoms with Crippen molar-refractivity contribution in [2.45, 2.75) is 6.54 Å². The van der Waals surface area contributed by atoms with E-state index < -0.39 is 16.6 Å². The molecule has 1 amide bonds. The number of Topliss-reactive ketones (excluding diaryl/α,β-unsaturated/α-hetero) is 1. The molecule has 34 heavy (non-hydrogen) atoms. The number of pyridine rings is 1. The smallest absolute Gasteiger partial charge is 0.296 e. The molecule has 0 saturated heterocycles. The number of nitro groups is 1. The zero-order chi connectivity index (χ0) is 24.6. The number of phenolic OH excluding ortho intramolecular Hbond substituents is 1. The van der Waals surface area contributed by atoms with Gasteiger partial charge in [-0.2, -0.15) is 4.73 Å². The fraction of sp³-hybridized carbons (Fsp3) is 0.0455. The summed E-state index contributed by atoms with van der Waals surface area (Å²) >= 11 is 11.9. The highest BCUT2D eigenvalue weighted by Crippen LogP contribution is 2.32. The second-order valence-electron chi connectivity index (χ2n) is 7.24. The van der Waals surface area contributed by atoms with Crippen LogP contribution >= 0.6 is 23.2 Å². The number of benzene rings is 2. The molecule has 2 N–H and O–H groups in total. The summed E-state index contributed by atoms with van der Waals surface area (Å²) in [5.74, 6) is -2.15. The van der Waals surface area contributed by atoms with Gasteiger partial charge in [0, 0.05) is 30.3 Å². The van der Waals surface area contributed by atoms with Crippen molar-refractivity contribution in [2.75, 3.05) is 5.32 Å². The fourth-order valence-electron chi connectivity index (χ4n) is 3.53. The minimum absolute atomic E-state index is 0.0177. The second kappa shape index (κ2) is 9.00. The molecule has 0 spiro atoms. The van der Waals surface area contributed by atoms with Gasteiger partial charge in [-0.3, -0.25) is 19.7 Å². The molecule has 0 atom stereocenters. The number of phenols is 1. The average Bonchev–Trinajstić information content (AvgIpc) is 3.15. The lowest BCUT2D eigenvalue weighted by Gasteiger charge is -2.08. The Labute approximate surface area is 201 Å². The largest absolute Gasteiger partial charge is 0.619 e. The van der Waals surface area contributed by atoms with E-state index in [1.54, 1.807) is 12.1 Å². The highest BCUT2D eigenvalue weighted by Gasteiger charge is 2.25. The number of nitrogens with zero attached hydrogens (tertiary/aromatic N) is 3. The number of halogens is 2. The normalized spacial score (nSPS) is 10.9. The first-order valence-electron chi connectivity index (χ1n) is 9.63. The van der Waals surface area contributed by atoms with Gasteiger partial charge in [0.1, 0.15) is 15.8 Å². The van der Waals surface area contributed by atoms with Crippen LogP contribution in [0.15, 0.2) is 61.1 Å². The molecule has 0 bridgehead atoms. The van der Waals surface area contributed by atoms with Gasteiger partial charge in [-0.1, -0.05) is 47.5 Å². The maximum atomic E-state index is 13.0. The van der Waals surface area contributed by atoms with Crippen LogP contribution in [0.4, 0.5) is 11.4 Å². The van der Waals surface area contributed by atoms with Crippen molar-refractivity contribution in [2.24, 2.45) is 0 Å². The van der Waals surface area contributed by atoms with Crippen LogP contribution in [0.2, 0.25) is 10.0 Å². The van der Waals surface area contributed by atoms with Crippen LogP contribution in [-0.4, -0.2) is 26.3 Å². The number of amides is 1. The number of carbonyl (C=O) groups is 2. The first kappa shape index (κ1) is 23.0. The van der Waals surface area contributed by atoms with Crippen LogP contribution in [0.5, 0.6) is 5.75 Å². The first-order chi connectivity index (χ1) is 16.2. The number of fused-ring (bicyclic) bond motifs is 1. The Morgan fingerprint density at radius 1 is 1.12 bits per heavy atom. The van der Waals surface area contributed by atoms with Crippen LogP contribution in [0.1, 0.15) is 15.9 Å². The lowest BCUT2D eigenvalue weighted by molar-refractivity contribution is -0.605. The highest BCUT2D eigenvalue weighted by molar-refractivity contribution is 6.50. The summed E-state index contributed by atoms with van der Waals surface area (Å²) in [6, 6.07) is 10.4. The third kappa shape index (κ3) is 4.36. The second-order valence-corrected chi connectivity index (χ2v) is 8.06. The zero-order valence-corrected chi connectivity index (χ0v) is 18.6. The van der Waals surface area contributed by atoms with Gasteiger partial charge < -0.3 is 20.2 Å². The van der Waals surface area contributed by atoms with Crippen LogP contribution in [0, 0.1) is 15.3 Å². The molecule has 0 unspecified atom stereocenters. The summed E-state index contributed by atoms with van der Waals surface area (Å²) in [6.45, 7) is 0.0878. The number of carbonyl (C=O) groups excluding carboxylic acids is 2. The van der Waals surface area contributed by atoms with Gasteiger partial charge >= 0.3 is 0 Å². The SMILES string of the molecule is O=C(Nc1c(Cl)c[n+]([O-])cc1Cl)C(=O)c1cn(Cc2cccc([N+](=O)[O-])c2)c2c(O)cccc12. The number of nitro benzene ring substituents is 1. The Balaban J connectivity index is 1.72. The maximum Gasteiger partial charge on any atom is 0.296 e. The molecule has 10 nitrogen and oxygen atoms in total. The molecule has 0 aliphatic rings. The van der Waals surface area contributed by atoms with E-state index >= 15 is 0 Å².